The second-order valence-electron chi connectivity index (χ2n) is 5.20. The predicted molar refractivity (Wildman–Crippen MR) is 72.0 cm³/mol. The molecule has 5 nitrogen and oxygen atoms in total. The summed E-state index contributed by atoms with van der Waals surface area (Å²) in [5, 5.41) is 9.03. The number of sulfone groups is 1. The molecule has 100 valence electrons. The smallest absolute Gasteiger partial charge is 0.154 e. The van der Waals surface area contributed by atoms with Crippen LogP contribution in [0.5, 0.6) is 0 Å². The van der Waals surface area contributed by atoms with E-state index in [0.717, 1.165) is 11.3 Å². The molecule has 0 radical (unpaired) electrons. The van der Waals surface area contributed by atoms with E-state index in [0.29, 0.717) is 11.4 Å². The highest BCUT2D eigenvalue weighted by molar-refractivity contribution is 7.92. The Morgan fingerprint density at radius 1 is 1.39 bits per heavy atom. The Kier molecular flexibility index (Phi) is 3.50. The molecule has 0 aromatic carbocycles. The van der Waals surface area contributed by atoms with Crippen LogP contribution in [0.4, 0.5) is 5.82 Å². The van der Waals surface area contributed by atoms with Gasteiger partial charge in [-0.05, 0) is 33.3 Å². The molecule has 1 rings (SSSR count). The van der Waals surface area contributed by atoms with Crippen LogP contribution in [-0.4, -0.2) is 24.0 Å². The normalized spacial score (nSPS) is 12.4. The molecule has 1 aromatic rings. The number of anilines is 1. The zero-order chi connectivity index (χ0) is 14.3. The Bertz CT molecular complexity index is 619. The molecule has 0 bridgehead atoms. The first kappa shape index (κ1) is 14.6. The Labute approximate surface area is 108 Å². The van der Waals surface area contributed by atoms with E-state index in [2.05, 4.69) is 6.07 Å². The van der Waals surface area contributed by atoms with Crippen molar-refractivity contribution in [3.05, 3.63) is 16.8 Å². The maximum atomic E-state index is 11.7. The quantitative estimate of drug-likeness (QED) is 0.897. The van der Waals surface area contributed by atoms with Crippen molar-refractivity contribution in [3.8, 4) is 6.07 Å². The summed E-state index contributed by atoms with van der Waals surface area (Å²) in [4.78, 5) is 0. The van der Waals surface area contributed by atoms with E-state index in [1.54, 1.807) is 18.4 Å². The fourth-order valence-electron chi connectivity index (χ4n) is 1.73. The van der Waals surface area contributed by atoms with Crippen LogP contribution in [0, 0.1) is 25.2 Å². The third-order valence-electron chi connectivity index (χ3n) is 3.52. The average molecular weight is 269 g/mol. The molecule has 1 aromatic heterocycles. The third-order valence-corrected chi connectivity index (χ3v) is 5.66. The molecule has 0 spiro atoms. The van der Waals surface area contributed by atoms with Crippen molar-refractivity contribution in [1.29, 1.82) is 5.26 Å². The van der Waals surface area contributed by atoms with Gasteiger partial charge in [0.2, 0.25) is 0 Å². The fourth-order valence-corrected chi connectivity index (χ4v) is 2.10. The van der Waals surface area contributed by atoms with Crippen LogP contribution in [0.1, 0.15) is 30.7 Å². The van der Waals surface area contributed by atoms with E-state index in [1.165, 1.54) is 6.26 Å². The lowest BCUT2D eigenvalue weighted by atomic mass is 10.2. The van der Waals surface area contributed by atoms with Crippen LogP contribution in [0.2, 0.25) is 0 Å². The van der Waals surface area contributed by atoms with Crippen molar-refractivity contribution < 1.29 is 8.42 Å². The lowest BCUT2D eigenvalue weighted by molar-refractivity contribution is 0.502. The van der Waals surface area contributed by atoms with Crippen LogP contribution in [0.3, 0.4) is 0 Å². The van der Waals surface area contributed by atoms with Gasteiger partial charge in [-0.3, -0.25) is 0 Å². The zero-order valence-electron chi connectivity index (χ0n) is 11.4. The lowest BCUT2D eigenvalue weighted by Gasteiger charge is -2.24. The summed E-state index contributed by atoms with van der Waals surface area (Å²) in [5.74, 6) is 0.337. The van der Waals surface area contributed by atoms with Crippen LogP contribution in [0.25, 0.3) is 0 Å². The second-order valence-corrected chi connectivity index (χ2v) is 7.85. The van der Waals surface area contributed by atoms with Crippen molar-refractivity contribution >= 4 is 15.7 Å². The number of nitriles is 1. The van der Waals surface area contributed by atoms with Gasteiger partial charge in [-0.15, -0.1) is 0 Å². The largest absolute Gasteiger partial charge is 0.384 e. The van der Waals surface area contributed by atoms with Gasteiger partial charge in [-0.25, -0.2) is 8.42 Å². The van der Waals surface area contributed by atoms with Gasteiger partial charge in [-0.1, -0.05) is 0 Å². The fraction of sp³-hybridized carbons (Fsp3) is 0.583. The molecule has 0 atom stereocenters. The molecule has 1 heterocycles. The molecule has 0 aliphatic carbocycles. The summed E-state index contributed by atoms with van der Waals surface area (Å²) in [6.45, 7) is 7.20. The van der Waals surface area contributed by atoms with Gasteiger partial charge >= 0.3 is 0 Å². The first-order chi connectivity index (χ1) is 8.03. The summed E-state index contributed by atoms with van der Waals surface area (Å²) < 4.78 is 24.2. The van der Waals surface area contributed by atoms with Crippen molar-refractivity contribution in [2.24, 2.45) is 0 Å². The molecule has 0 unspecified atom stereocenters. The Morgan fingerprint density at radius 2 is 1.89 bits per heavy atom. The number of hydrogen-bond donors (Lipinski definition) is 1. The molecule has 6 heteroatoms. The molecule has 0 aliphatic rings. The zero-order valence-corrected chi connectivity index (χ0v) is 12.2. The Hall–Kier alpha value is -1.48. The minimum Gasteiger partial charge on any atom is -0.384 e. The highest BCUT2D eigenvalue weighted by Gasteiger charge is 2.32. The van der Waals surface area contributed by atoms with Gasteiger partial charge in [-0.2, -0.15) is 5.26 Å². The summed E-state index contributed by atoms with van der Waals surface area (Å²) in [7, 11) is -3.20. The van der Waals surface area contributed by atoms with Crippen molar-refractivity contribution in [2.45, 2.75) is 39.0 Å². The predicted octanol–water partition coefficient (Wildman–Crippen LogP) is 1.38. The molecular formula is C12H19N3O2S. The molecule has 0 amide bonds. The van der Waals surface area contributed by atoms with Crippen LogP contribution >= 0.6 is 0 Å². The van der Waals surface area contributed by atoms with E-state index < -0.39 is 14.6 Å². The van der Waals surface area contributed by atoms with Gasteiger partial charge in [0.15, 0.2) is 9.84 Å². The number of nitrogens with two attached hydrogens (primary N) is 1. The van der Waals surface area contributed by atoms with E-state index in [9.17, 15) is 8.42 Å². The summed E-state index contributed by atoms with van der Waals surface area (Å²) in [6.07, 6.45) is 1.21. The van der Waals surface area contributed by atoms with Gasteiger partial charge in [0.1, 0.15) is 11.9 Å². The summed E-state index contributed by atoms with van der Waals surface area (Å²) in [6, 6.07) is 2.05. The SMILES string of the molecule is Cc1c(C#N)c(N)n(CC(C)(C)S(C)(=O)=O)c1C. The molecule has 0 aliphatic heterocycles. The number of rotatable bonds is 3. The maximum Gasteiger partial charge on any atom is 0.154 e. The van der Waals surface area contributed by atoms with Gasteiger partial charge < -0.3 is 10.3 Å². The van der Waals surface area contributed by atoms with Crippen LogP contribution < -0.4 is 5.73 Å². The first-order valence-corrected chi connectivity index (χ1v) is 7.47. The number of aromatic nitrogens is 1. The topological polar surface area (TPSA) is 88.9 Å². The highest BCUT2D eigenvalue weighted by atomic mass is 32.2. The van der Waals surface area contributed by atoms with Crippen molar-refractivity contribution in [2.75, 3.05) is 12.0 Å². The molecule has 18 heavy (non-hydrogen) atoms. The lowest BCUT2D eigenvalue weighted by Crippen LogP contribution is -2.36. The number of nitrogen functional groups attached to an aromatic ring is 1. The Morgan fingerprint density at radius 3 is 2.22 bits per heavy atom. The molecule has 0 fully saturated rings. The Balaban J connectivity index is 3.35. The van der Waals surface area contributed by atoms with E-state index in [-0.39, 0.29) is 6.54 Å². The molecule has 2 N–H and O–H groups in total. The molecular weight excluding hydrogens is 250 g/mol. The summed E-state index contributed by atoms with van der Waals surface area (Å²) in [5.41, 5.74) is 7.98. The molecule has 0 saturated carbocycles. The summed E-state index contributed by atoms with van der Waals surface area (Å²) >= 11 is 0. The van der Waals surface area contributed by atoms with E-state index >= 15 is 0 Å². The molecule has 0 saturated heterocycles. The standard InChI is InChI=1S/C12H19N3O2S/c1-8-9(2)15(11(14)10(8)6-13)7-12(3,4)18(5,16)17/h7,14H2,1-5H3. The minimum absolute atomic E-state index is 0.242. The monoisotopic (exact) mass is 269 g/mol. The van der Waals surface area contributed by atoms with Crippen LogP contribution in [0.15, 0.2) is 0 Å². The van der Waals surface area contributed by atoms with E-state index in [1.807, 2.05) is 13.8 Å². The second kappa shape index (κ2) is 4.32. The number of nitrogens with zero attached hydrogens (tertiary/aromatic N) is 2. The number of hydrogen-bond acceptors (Lipinski definition) is 4. The van der Waals surface area contributed by atoms with E-state index in [4.69, 9.17) is 11.0 Å². The maximum absolute atomic E-state index is 11.7. The van der Waals surface area contributed by atoms with Gasteiger partial charge in [0.05, 0.1) is 10.3 Å². The third kappa shape index (κ3) is 2.23. The average Bonchev–Trinajstić information content (AvgIpc) is 2.41. The van der Waals surface area contributed by atoms with Crippen molar-refractivity contribution in [3.63, 3.8) is 0 Å². The van der Waals surface area contributed by atoms with Gasteiger partial charge in [0, 0.05) is 18.5 Å². The van der Waals surface area contributed by atoms with Gasteiger partial charge in [0.25, 0.3) is 0 Å². The van der Waals surface area contributed by atoms with Crippen molar-refractivity contribution in [1.82, 2.24) is 4.57 Å². The highest BCUT2D eigenvalue weighted by Crippen LogP contribution is 2.27. The minimum atomic E-state index is -3.20. The first-order valence-electron chi connectivity index (χ1n) is 5.57. The van der Waals surface area contributed by atoms with Crippen LogP contribution in [-0.2, 0) is 16.4 Å².